The number of carbonyl (C=O) groups is 1. The average molecular weight is 292 g/mol. The highest BCUT2D eigenvalue weighted by Gasteiger charge is 2.13. The van der Waals surface area contributed by atoms with Crippen LogP contribution in [0.25, 0.3) is 0 Å². The first kappa shape index (κ1) is 14.2. The first-order valence-corrected chi connectivity index (χ1v) is 7.20. The van der Waals surface area contributed by atoms with Gasteiger partial charge >= 0.3 is 5.97 Å². The number of hydrogen-bond donors (Lipinski definition) is 2. The lowest BCUT2D eigenvalue weighted by Gasteiger charge is -2.06. The fourth-order valence-corrected chi connectivity index (χ4v) is 2.56. The minimum absolute atomic E-state index is 0.0458. The summed E-state index contributed by atoms with van der Waals surface area (Å²) in [6.45, 7) is 0.0458. The van der Waals surface area contributed by atoms with Crippen molar-refractivity contribution < 1.29 is 18.3 Å². The Morgan fingerprint density at radius 1 is 1.15 bits per heavy atom. The molecule has 2 N–H and O–H groups in total. The third kappa shape index (κ3) is 3.40. The molecule has 7 heteroatoms. The van der Waals surface area contributed by atoms with Gasteiger partial charge in [0.25, 0.3) is 0 Å². The Kier molecular flexibility index (Phi) is 4.11. The largest absolute Gasteiger partial charge is 0.477 e. The summed E-state index contributed by atoms with van der Waals surface area (Å²) in [6.07, 6.45) is 1.33. The molecule has 0 unspecified atom stereocenters. The highest BCUT2D eigenvalue weighted by Crippen LogP contribution is 2.08. The molecule has 2 rings (SSSR count). The Labute approximate surface area is 116 Å². The zero-order chi connectivity index (χ0) is 14.6. The van der Waals surface area contributed by atoms with E-state index in [-0.39, 0.29) is 17.1 Å². The van der Waals surface area contributed by atoms with Crippen LogP contribution in [0.15, 0.2) is 53.6 Å². The van der Waals surface area contributed by atoms with Crippen molar-refractivity contribution in [2.75, 3.05) is 0 Å². The molecular weight excluding hydrogens is 280 g/mol. The standard InChI is InChI=1S/C13H12N2O4S/c16-13(17)12-7-6-10(8-14-12)9-15-20(18,19)11-4-2-1-3-5-11/h1-8,15H,9H2,(H,16,17). The smallest absolute Gasteiger partial charge is 0.354 e. The SMILES string of the molecule is O=C(O)c1ccc(CNS(=O)(=O)c2ccccc2)cn1. The quantitative estimate of drug-likeness (QED) is 0.864. The molecule has 0 aliphatic carbocycles. The molecule has 1 heterocycles. The Morgan fingerprint density at radius 2 is 1.85 bits per heavy atom. The van der Waals surface area contributed by atoms with Gasteiger partial charge in [0, 0.05) is 12.7 Å². The van der Waals surface area contributed by atoms with Crippen LogP contribution < -0.4 is 4.72 Å². The molecule has 0 fully saturated rings. The van der Waals surface area contributed by atoms with Crippen molar-refractivity contribution in [2.24, 2.45) is 0 Å². The summed E-state index contributed by atoms with van der Waals surface area (Å²) >= 11 is 0. The topological polar surface area (TPSA) is 96.4 Å². The van der Waals surface area contributed by atoms with Crippen LogP contribution in [0.3, 0.4) is 0 Å². The number of hydrogen-bond acceptors (Lipinski definition) is 4. The number of aromatic nitrogens is 1. The number of rotatable bonds is 5. The van der Waals surface area contributed by atoms with Crippen LogP contribution in [-0.4, -0.2) is 24.5 Å². The van der Waals surface area contributed by atoms with Crippen molar-refractivity contribution in [3.63, 3.8) is 0 Å². The van der Waals surface area contributed by atoms with E-state index < -0.39 is 16.0 Å². The van der Waals surface area contributed by atoms with Crippen molar-refractivity contribution in [2.45, 2.75) is 11.4 Å². The molecule has 0 amide bonds. The fraction of sp³-hybridized carbons (Fsp3) is 0.0769. The lowest BCUT2D eigenvalue weighted by atomic mass is 10.2. The number of nitrogens with one attached hydrogen (secondary N) is 1. The summed E-state index contributed by atoms with van der Waals surface area (Å²) in [6, 6.07) is 10.8. The second-order valence-electron chi connectivity index (χ2n) is 3.99. The van der Waals surface area contributed by atoms with E-state index in [1.54, 1.807) is 18.2 Å². The molecule has 0 saturated carbocycles. The molecule has 0 aliphatic rings. The van der Waals surface area contributed by atoms with Gasteiger partial charge in [0.1, 0.15) is 5.69 Å². The molecule has 0 bridgehead atoms. The zero-order valence-corrected chi connectivity index (χ0v) is 11.2. The molecule has 6 nitrogen and oxygen atoms in total. The maximum absolute atomic E-state index is 12.0. The van der Waals surface area contributed by atoms with E-state index in [4.69, 9.17) is 5.11 Å². The summed E-state index contributed by atoms with van der Waals surface area (Å²) in [5, 5.41) is 8.71. The minimum Gasteiger partial charge on any atom is -0.477 e. The Bertz CT molecular complexity index is 697. The Hall–Kier alpha value is -2.25. The van der Waals surface area contributed by atoms with Crippen LogP contribution >= 0.6 is 0 Å². The van der Waals surface area contributed by atoms with Crippen LogP contribution in [0.4, 0.5) is 0 Å². The number of sulfonamides is 1. The highest BCUT2D eigenvalue weighted by atomic mass is 32.2. The van der Waals surface area contributed by atoms with E-state index in [0.717, 1.165) is 0 Å². The first-order valence-electron chi connectivity index (χ1n) is 5.72. The normalized spacial score (nSPS) is 11.2. The maximum Gasteiger partial charge on any atom is 0.354 e. The summed E-state index contributed by atoms with van der Waals surface area (Å²) < 4.78 is 26.3. The number of benzene rings is 1. The van der Waals surface area contributed by atoms with Crippen LogP contribution in [-0.2, 0) is 16.6 Å². The molecule has 0 atom stereocenters. The van der Waals surface area contributed by atoms with Crippen LogP contribution in [0, 0.1) is 0 Å². The number of nitrogens with zero attached hydrogens (tertiary/aromatic N) is 1. The van der Waals surface area contributed by atoms with E-state index in [9.17, 15) is 13.2 Å². The van der Waals surface area contributed by atoms with E-state index in [0.29, 0.717) is 5.56 Å². The monoisotopic (exact) mass is 292 g/mol. The third-order valence-corrected chi connectivity index (χ3v) is 3.98. The number of carboxylic acids is 1. The summed E-state index contributed by atoms with van der Waals surface area (Å²) in [7, 11) is -3.58. The van der Waals surface area contributed by atoms with E-state index in [2.05, 4.69) is 9.71 Å². The molecule has 104 valence electrons. The molecule has 20 heavy (non-hydrogen) atoms. The number of aromatic carboxylic acids is 1. The molecule has 0 saturated heterocycles. The van der Waals surface area contributed by atoms with Crippen LogP contribution in [0.2, 0.25) is 0 Å². The molecule has 0 spiro atoms. The number of carboxylic acid groups (broad SMARTS) is 1. The zero-order valence-electron chi connectivity index (χ0n) is 10.4. The van der Waals surface area contributed by atoms with Crippen molar-refractivity contribution in [1.29, 1.82) is 0 Å². The lowest BCUT2D eigenvalue weighted by Crippen LogP contribution is -2.23. The van der Waals surface area contributed by atoms with Gasteiger partial charge in [-0.3, -0.25) is 0 Å². The molecule has 0 radical (unpaired) electrons. The molecule has 1 aromatic heterocycles. The van der Waals surface area contributed by atoms with E-state index in [1.807, 2.05) is 0 Å². The van der Waals surface area contributed by atoms with Gasteiger partial charge in [0.05, 0.1) is 4.90 Å². The Morgan fingerprint density at radius 3 is 2.40 bits per heavy atom. The average Bonchev–Trinajstić information content (AvgIpc) is 2.46. The van der Waals surface area contributed by atoms with Gasteiger partial charge in [0.15, 0.2) is 0 Å². The van der Waals surface area contributed by atoms with Crippen molar-refractivity contribution in [3.05, 3.63) is 59.9 Å². The second kappa shape index (κ2) is 5.81. The van der Waals surface area contributed by atoms with Crippen molar-refractivity contribution >= 4 is 16.0 Å². The third-order valence-electron chi connectivity index (χ3n) is 2.56. The fourth-order valence-electron chi connectivity index (χ4n) is 1.52. The predicted octanol–water partition coefficient (Wildman–Crippen LogP) is 1.26. The van der Waals surface area contributed by atoms with E-state index >= 15 is 0 Å². The minimum atomic E-state index is -3.58. The summed E-state index contributed by atoms with van der Waals surface area (Å²) in [4.78, 5) is 14.5. The molecule has 1 aromatic carbocycles. The van der Waals surface area contributed by atoms with Crippen LogP contribution in [0.5, 0.6) is 0 Å². The first-order chi connectivity index (χ1) is 9.49. The highest BCUT2D eigenvalue weighted by molar-refractivity contribution is 7.89. The van der Waals surface area contributed by atoms with Crippen LogP contribution in [0.1, 0.15) is 16.1 Å². The predicted molar refractivity (Wildman–Crippen MR) is 71.7 cm³/mol. The van der Waals surface area contributed by atoms with Gasteiger partial charge < -0.3 is 5.11 Å². The molecule has 0 aliphatic heterocycles. The van der Waals surface area contributed by atoms with Gasteiger partial charge in [-0.05, 0) is 23.8 Å². The molecule has 2 aromatic rings. The van der Waals surface area contributed by atoms with Crippen molar-refractivity contribution in [1.82, 2.24) is 9.71 Å². The number of pyridine rings is 1. The van der Waals surface area contributed by atoms with Gasteiger partial charge in [-0.2, -0.15) is 0 Å². The summed E-state index contributed by atoms with van der Waals surface area (Å²) in [5.74, 6) is -1.12. The maximum atomic E-state index is 12.0. The van der Waals surface area contributed by atoms with Gasteiger partial charge in [-0.15, -0.1) is 0 Å². The van der Waals surface area contributed by atoms with Gasteiger partial charge in [-0.25, -0.2) is 22.9 Å². The lowest BCUT2D eigenvalue weighted by molar-refractivity contribution is 0.0690. The van der Waals surface area contributed by atoms with E-state index in [1.165, 1.54) is 30.5 Å². The second-order valence-corrected chi connectivity index (χ2v) is 5.76. The van der Waals surface area contributed by atoms with Crippen molar-refractivity contribution in [3.8, 4) is 0 Å². The molecular formula is C13H12N2O4S. The van der Waals surface area contributed by atoms with Gasteiger partial charge in [0.2, 0.25) is 10.0 Å². The Balaban J connectivity index is 2.07. The summed E-state index contributed by atoms with van der Waals surface area (Å²) in [5.41, 5.74) is 0.495. The van der Waals surface area contributed by atoms with Gasteiger partial charge in [-0.1, -0.05) is 24.3 Å².